The van der Waals surface area contributed by atoms with Gasteiger partial charge in [-0.1, -0.05) is 12.1 Å². The number of urea groups is 1. The molecular weight excluding hydrogens is 392 g/mol. The van der Waals surface area contributed by atoms with Crippen molar-refractivity contribution in [3.8, 4) is 11.5 Å². The second-order valence-electron chi connectivity index (χ2n) is 6.45. The van der Waals surface area contributed by atoms with Crippen molar-refractivity contribution in [1.29, 1.82) is 0 Å². The number of rotatable bonds is 6. The van der Waals surface area contributed by atoms with Crippen LogP contribution in [0.3, 0.4) is 0 Å². The summed E-state index contributed by atoms with van der Waals surface area (Å²) in [6.07, 6.45) is 0. The highest BCUT2D eigenvalue weighted by atomic mass is 32.1. The maximum atomic E-state index is 13.0. The van der Waals surface area contributed by atoms with Crippen molar-refractivity contribution in [2.75, 3.05) is 19.0 Å². The predicted octanol–water partition coefficient (Wildman–Crippen LogP) is 2.76. The van der Waals surface area contributed by atoms with Gasteiger partial charge in [0.25, 0.3) is 5.91 Å². The molecule has 3 N–H and O–H groups in total. The zero-order chi connectivity index (χ0) is 21.0. The van der Waals surface area contributed by atoms with Crippen molar-refractivity contribution < 1.29 is 19.1 Å². The summed E-state index contributed by atoms with van der Waals surface area (Å²) >= 11 is 5.25. The monoisotopic (exact) mass is 414 g/mol. The van der Waals surface area contributed by atoms with E-state index < -0.39 is 17.5 Å². The summed E-state index contributed by atoms with van der Waals surface area (Å²) in [5.74, 6) is 0.844. The smallest absolute Gasteiger partial charge is 0.344 e. The maximum absolute atomic E-state index is 13.0. The van der Waals surface area contributed by atoms with Gasteiger partial charge >= 0.3 is 6.03 Å². The fourth-order valence-electron chi connectivity index (χ4n) is 2.93. The first-order chi connectivity index (χ1) is 13.9. The van der Waals surface area contributed by atoms with Crippen molar-refractivity contribution >= 4 is 35.0 Å². The number of ether oxygens (including phenoxy) is 2. The van der Waals surface area contributed by atoms with Gasteiger partial charge in [0.1, 0.15) is 17.0 Å². The SMILES string of the molecule is CCOc1ccc(NC(=S)NN2C(=O)N[C@](C)(c3cccc(OC)c3)C2=O)cc1. The fraction of sp³-hybridized carbons (Fsp3) is 0.250. The van der Waals surface area contributed by atoms with Crippen LogP contribution in [0.4, 0.5) is 10.5 Å². The number of carbonyl (C=O) groups is 2. The molecule has 1 aliphatic rings. The van der Waals surface area contributed by atoms with Crippen molar-refractivity contribution in [3.05, 3.63) is 54.1 Å². The molecule has 9 heteroatoms. The number of hydrazine groups is 1. The Bertz CT molecular complexity index is 934. The highest BCUT2D eigenvalue weighted by Gasteiger charge is 2.50. The number of anilines is 1. The van der Waals surface area contributed by atoms with Gasteiger partial charge in [0.15, 0.2) is 5.11 Å². The molecule has 29 heavy (non-hydrogen) atoms. The fourth-order valence-corrected chi connectivity index (χ4v) is 3.14. The molecule has 0 unspecified atom stereocenters. The molecule has 0 radical (unpaired) electrons. The minimum Gasteiger partial charge on any atom is -0.497 e. The van der Waals surface area contributed by atoms with Crippen LogP contribution in [0.5, 0.6) is 11.5 Å². The molecule has 0 spiro atoms. The van der Waals surface area contributed by atoms with Crippen molar-refractivity contribution in [2.24, 2.45) is 0 Å². The van der Waals surface area contributed by atoms with Gasteiger partial charge in [-0.2, -0.15) is 5.01 Å². The summed E-state index contributed by atoms with van der Waals surface area (Å²) in [6.45, 7) is 4.11. The standard InChI is InChI=1S/C20H22N4O4S/c1-4-28-15-10-8-14(9-11-15)21-18(29)23-24-17(25)20(2,22-19(24)26)13-6-5-7-16(12-13)27-3/h5-12H,4H2,1-3H3,(H,22,26)(H2,21,23,29)/t20-/m1/s1. The topological polar surface area (TPSA) is 91.9 Å². The normalized spacial score (nSPS) is 18.2. The minimum atomic E-state index is -1.24. The quantitative estimate of drug-likeness (QED) is 0.494. The number of imide groups is 1. The van der Waals surface area contributed by atoms with E-state index in [0.717, 1.165) is 10.8 Å². The highest BCUT2D eigenvalue weighted by molar-refractivity contribution is 7.80. The number of hydrogen-bond donors (Lipinski definition) is 3. The van der Waals surface area contributed by atoms with Crippen LogP contribution in [0, 0.1) is 0 Å². The van der Waals surface area contributed by atoms with Crippen molar-refractivity contribution in [1.82, 2.24) is 15.8 Å². The van der Waals surface area contributed by atoms with Gasteiger partial charge in [-0.25, -0.2) is 4.79 Å². The molecule has 1 fully saturated rings. The molecule has 2 aromatic carbocycles. The first-order valence-corrected chi connectivity index (χ1v) is 9.40. The third-order valence-electron chi connectivity index (χ3n) is 4.47. The molecule has 0 saturated carbocycles. The number of nitrogens with one attached hydrogen (secondary N) is 3. The van der Waals surface area contributed by atoms with E-state index >= 15 is 0 Å². The van der Waals surface area contributed by atoms with Gasteiger partial charge < -0.3 is 20.1 Å². The number of hydrogen-bond acceptors (Lipinski definition) is 5. The highest BCUT2D eigenvalue weighted by Crippen LogP contribution is 2.30. The lowest BCUT2D eigenvalue weighted by Crippen LogP contribution is -2.49. The van der Waals surface area contributed by atoms with Crippen molar-refractivity contribution in [3.63, 3.8) is 0 Å². The van der Waals surface area contributed by atoms with E-state index in [2.05, 4.69) is 16.1 Å². The van der Waals surface area contributed by atoms with E-state index in [1.165, 1.54) is 7.11 Å². The molecule has 1 heterocycles. The first-order valence-electron chi connectivity index (χ1n) is 8.99. The lowest BCUT2D eigenvalue weighted by molar-refractivity contribution is -0.132. The lowest BCUT2D eigenvalue weighted by atomic mass is 9.92. The van der Waals surface area contributed by atoms with Crippen molar-refractivity contribution in [2.45, 2.75) is 19.4 Å². The van der Waals surface area contributed by atoms with Crippen LogP contribution >= 0.6 is 12.2 Å². The summed E-state index contributed by atoms with van der Waals surface area (Å²) in [4.78, 5) is 25.4. The summed E-state index contributed by atoms with van der Waals surface area (Å²) in [5, 5.41) is 6.61. The second-order valence-corrected chi connectivity index (χ2v) is 6.86. The molecule has 8 nitrogen and oxygen atoms in total. The minimum absolute atomic E-state index is 0.104. The number of carbonyl (C=O) groups excluding carboxylic acids is 2. The number of amides is 3. The first kappa shape index (κ1) is 20.4. The molecular formula is C20H22N4O4S. The van der Waals surface area contributed by atoms with Gasteiger partial charge in [-0.05, 0) is 68.0 Å². The maximum Gasteiger partial charge on any atom is 0.344 e. The third-order valence-corrected chi connectivity index (χ3v) is 4.67. The van der Waals surface area contributed by atoms with E-state index in [4.69, 9.17) is 21.7 Å². The van der Waals surface area contributed by atoms with Crippen LogP contribution in [0.2, 0.25) is 0 Å². The van der Waals surface area contributed by atoms with Gasteiger partial charge in [0.2, 0.25) is 0 Å². The van der Waals surface area contributed by atoms with E-state index in [-0.39, 0.29) is 5.11 Å². The van der Waals surface area contributed by atoms with E-state index in [0.29, 0.717) is 23.6 Å². The van der Waals surface area contributed by atoms with Crippen LogP contribution in [0.25, 0.3) is 0 Å². The predicted molar refractivity (Wildman–Crippen MR) is 113 cm³/mol. The number of nitrogens with zero attached hydrogens (tertiary/aromatic N) is 1. The molecule has 3 amide bonds. The Morgan fingerprint density at radius 2 is 1.90 bits per heavy atom. The third kappa shape index (κ3) is 4.24. The Balaban J connectivity index is 1.70. The zero-order valence-electron chi connectivity index (χ0n) is 16.3. The Morgan fingerprint density at radius 3 is 2.55 bits per heavy atom. The van der Waals surface area contributed by atoms with Crippen LogP contribution in [0.1, 0.15) is 19.4 Å². The van der Waals surface area contributed by atoms with Gasteiger partial charge in [0.05, 0.1) is 13.7 Å². The second kappa shape index (κ2) is 8.36. The Morgan fingerprint density at radius 1 is 1.17 bits per heavy atom. The molecule has 1 aliphatic heterocycles. The number of thiocarbonyl (C=S) groups is 1. The summed E-state index contributed by atoms with van der Waals surface area (Å²) in [6, 6.07) is 13.5. The van der Waals surface area contributed by atoms with Crippen LogP contribution in [-0.2, 0) is 10.3 Å². The molecule has 0 bridgehead atoms. The Hall–Kier alpha value is -3.33. The molecule has 1 atom stereocenters. The summed E-state index contributed by atoms with van der Waals surface area (Å²) in [5.41, 5.74) is 2.70. The van der Waals surface area contributed by atoms with E-state index in [1.54, 1.807) is 55.5 Å². The molecule has 1 saturated heterocycles. The van der Waals surface area contributed by atoms with Gasteiger partial charge in [-0.15, -0.1) is 0 Å². The molecule has 0 aromatic heterocycles. The zero-order valence-corrected chi connectivity index (χ0v) is 17.1. The van der Waals surface area contributed by atoms with Crippen LogP contribution in [0.15, 0.2) is 48.5 Å². The largest absolute Gasteiger partial charge is 0.497 e. The average Bonchev–Trinajstić information content (AvgIpc) is 2.94. The average molecular weight is 414 g/mol. The van der Waals surface area contributed by atoms with E-state index in [9.17, 15) is 9.59 Å². The molecule has 3 rings (SSSR count). The summed E-state index contributed by atoms with van der Waals surface area (Å²) < 4.78 is 10.6. The Kier molecular flexibility index (Phi) is 5.88. The number of methoxy groups -OCH3 is 1. The van der Waals surface area contributed by atoms with Gasteiger partial charge in [0, 0.05) is 5.69 Å². The summed E-state index contributed by atoms with van der Waals surface area (Å²) in [7, 11) is 1.54. The molecule has 2 aromatic rings. The van der Waals surface area contributed by atoms with Crippen LogP contribution in [-0.4, -0.2) is 35.8 Å². The molecule has 152 valence electrons. The van der Waals surface area contributed by atoms with Crippen LogP contribution < -0.4 is 25.5 Å². The lowest BCUT2D eigenvalue weighted by Gasteiger charge is -2.23. The molecule has 0 aliphatic carbocycles. The Labute approximate surface area is 174 Å². The number of benzene rings is 2. The van der Waals surface area contributed by atoms with Gasteiger partial charge in [-0.3, -0.25) is 10.2 Å². The van der Waals surface area contributed by atoms with E-state index in [1.807, 2.05) is 6.92 Å².